The molecule has 0 aliphatic rings. The number of rotatable bonds is 3. The van der Waals surface area contributed by atoms with E-state index in [2.05, 4.69) is 170 Å². The number of benzene rings is 9. The lowest BCUT2D eigenvalue weighted by Crippen LogP contribution is -1.90. The predicted molar refractivity (Wildman–Crippen MR) is 210 cm³/mol. The molecule has 11 rings (SSSR count). The maximum atomic E-state index is 6.65. The Labute approximate surface area is 287 Å². The summed E-state index contributed by atoms with van der Waals surface area (Å²) in [4.78, 5) is 0. The first-order valence-electron chi connectivity index (χ1n) is 17.1. The topological polar surface area (TPSA) is 26.3 Å². The summed E-state index contributed by atoms with van der Waals surface area (Å²) in [5.74, 6) is 0. The van der Waals surface area contributed by atoms with Crippen LogP contribution in [-0.2, 0) is 0 Å². The molecule has 11 aromatic rings. The zero-order chi connectivity index (χ0) is 32.8. The molecule has 232 valence electrons. The van der Waals surface area contributed by atoms with Crippen molar-refractivity contribution in [1.82, 2.24) is 0 Å². The summed E-state index contributed by atoms with van der Waals surface area (Å²) in [6.45, 7) is 0. The van der Waals surface area contributed by atoms with E-state index in [0.717, 1.165) is 66.0 Å². The summed E-state index contributed by atoms with van der Waals surface area (Å²) in [5.41, 5.74) is 10.6. The van der Waals surface area contributed by atoms with Crippen molar-refractivity contribution >= 4 is 76.2 Å². The molecule has 50 heavy (non-hydrogen) atoms. The minimum absolute atomic E-state index is 0.875. The maximum absolute atomic E-state index is 6.65. The van der Waals surface area contributed by atoms with Crippen molar-refractivity contribution in [3.63, 3.8) is 0 Å². The first-order chi connectivity index (χ1) is 24.8. The Hall–Kier alpha value is -6.64. The summed E-state index contributed by atoms with van der Waals surface area (Å²) in [6, 6.07) is 60.8. The van der Waals surface area contributed by atoms with Crippen LogP contribution in [0.15, 0.2) is 179 Å². The van der Waals surface area contributed by atoms with E-state index in [1.54, 1.807) is 0 Å². The molecule has 0 atom stereocenters. The Morgan fingerprint density at radius 2 is 0.700 bits per heavy atom. The highest BCUT2D eigenvalue weighted by molar-refractivity contribution is 6.22. The van der Waals surface area contributed by atoms with Gasteiger partial charge in [0.05, 0.1) is 0 Å². The molecule has 2 heteroatoms. The fourth-order valence-corrected chi connectivity index (χ4v) is 8.15. The summed E-state index contributed by atoms with van der Waals surface area (Å²) in [6.07, 6.45) is 0. The van der Waals surface area contributed by atoms with Crippen LogP contribution in [0.25, 0.3) is 110 Å². The van der Waals surface area contributed by atoms with Gasteiger partial charge in [-0.05, 0) is 103 Å². The van der Waals surface area contributed by atoms with E-state index in [1.807, 2.05) is 0 Å². The lowest BCUT2D eigenvalue weighted by Gasteiger charge is -2.17. The first-order valence-corrected chi connectivity index (χ1v) is 17.1. The van der Waals surface area contributed by atoms with Crippen molar-refractivity contribution in [2.75, 3.05) is 0 Å². The van der Waals surface area contributed by atoms with Crippen LogP contribution < -0.4 is 0 Å². The van der Waals surface area contributed by atoms with Gasteiger partial charge in [0.1, 0.15) is 22.3 Å². The molecule has 0 saturated carbocycles. The highest BCUT2D eigenvalue weighted by Crippen LogP contribution is 2.45. The van der Waals surface area contributed by atoms with Crippen molar-refractivity contribution in [3.8, 4) is 33.4 Å². The molecular formula is C48H28O2. The number of furan rings is 2. The van der Waals surface area contributed by atoms with Crippen molar-refractivity contribution in [1.29, 1.82) is 0 Å². The average molecular weight is 637 g/mol. The number of fused-ring (bicyclic) bond motifs is 10. The SMILES string of the molecule is c1ccc(-c2c3ccccc3c(-c3ccc4c(c3)oc3cc(-c5ccc6c(c5)oc5c7ccccc7ccc65)ccc34)c3ccccc23)cc1. The predicted octanol–water partition coefficient (Wildman–Crippen LogP) is 13.9. The minimum Gasteiger partial charge on any atom is -0.456 e. The van der Waals surface area contributed by atoms with Gasteiger partial charge in [-0.2, -0.15) is 0 Å². The summed E-state index contributed by atoms with van der Waals surface area (Å²) in [5, 5.41) is 11.8. The molecule has 0 saturated heterocycles. The van der Waals surface area contributed by atoms with E-state index in [-0.39, 0.29) is 0 Å². The molecular weight excluding hydrogens is 609 g/mol. The van der Waals surface area contributed by atoms with Crippen LogP contribution in [0.4, 0.5) is 0 Å². The van der Waals surface area contributed by atoms with Crippen LogP contribution in [0.3, 0.4) is 0 Å². The molecule has 0 radical (unpaired) electrons. The molecule has 0 unspecified atom stereocenters. The van der Waals surface area contributed by atoms with Crippen LogP contribution in [0.1, 0.15) is 0 Å². The summed E-state index contributed by atoms with van der Waals surface area (Å²) in [7, 11) is 0. The van der Waals surface area contributed by atoms with Gasteiger partial charge >= 0.3 is 0 Å². The summed E-state index contributed by atoms with van der Waals surface area (Å²) >= 11 is 0. The molecule has 0 aliphatic carbocycles. The molecule has 2 nitrogen and oxygen atoms in total. The average Bonchev–Trinajstić information content (AvgIpc) is 3.74. The van der Waals surface area contributed by atoms with Crippen LogP contribution >= 0.6 is 0 Å². The number of hydrogen-bond donors (Lipinski definition) is 0. The van der Waals surface area contributed by atoms with Crippen molar-refractivity contribution < 1.29 is 8.83 Å². The van der Waals surface area contributed by atoms with Crippen molar-refractivity contribution in [2.24, 2.45) is 0 Å². The fraction of sp³-hybridized carbons (Fsp3) is 0. The zero-order valence-corrected chi connectivity index (χ0v) is 27.0. The van der Waals surface area contributed by atoms with Gasteiger partial charge in [0.25, 0.3) is 0 Å². The third kappa shape index (κ3) is 3.96. The lowest BCUT2D eigenvalue weighted by atomic mass is 9.86. The summed E-state index contributed by atoms with van der Waals surface area (Å²) < 4.78 is 13.1. The molecule has 2 heterocycles. The van der Waals surface area contributed by atoms with E-state index in [0.29, 0.717) is 0 Å². The largest absolute Gasteiger partial charge is 0.456 e. The van der Waals surface area contributed by atoms with Crippen LogP contribution in [0.5, 0.6) is 0 Å². The van der Waals surface area contributed by atoms with Crippen LogP contribution in [-0.4, -0.2) is 0 Å². The molecule has 0 fully saturated rings. The maximum Gasteiger partial charge on any atom is 0.143 e. The Bertz CT molecular complexity index is 3080. The van der Waals surface area contributed by atoms with Gasteiger partial charge in [-0.3, -0.25) is 0 Å². The highest BCUT2D eigenvalue weighted by Gasteiger charge is 2.18. The Morgan fingerprint density at radius 1 is 0.260 bits per heavy atom. The second-order valence-corrected chi connectivity index (χ2v) is 13.2. The Balaban J connectivity index is 1.06. The first kappa shape index (κ1) is 27.3. The van der Waals surface area contributed by atoms with Crippen molar-refractivity contribution in [2.45, 2.75) is 0 Å². The molecule has 0 N–H and O–H groups in total. The molecule has 0 amide bonds. The molecule has 0 aliphatic heterocycles. The minimum atomic E-state index is 0.875. The third-order valence-electron chi connectivity index (χ3n) is 10.5. The third-order valence-corrected chi connectivity index (χ3v) is 10.5. The van der Waals surface area contributed by atoms with E-state index in [9.17, 15) is 0 Å². The van der Waals surface area contributed by atoms with Gasteiger partial charge in [-0.25, -0.2) is 0 Å². The molecule has 0 spiro atoms. The van der Waals surface area contributed by atoms with Gasteiger partial charge in [0.15, 0.2) is 0 Å². The van der Waals surface area contributed by atoms with Crippen molar-refractivity contribution in [3.05, 3.63) is 170 Å². The van der Waals surface area contributed by atoms with E-state index in [4.69, 9.17) is 8.83 Å². The van der Waals surface area contributed by atoms with E-state index < -0.39 is 0 Å². The van der Waals surface area contributed by atoms with Gasteiger partial charge in [-0.1, -0.05) is 127 Å². The van der Waals surface area contributed by atoms with Gasteiger partial charge in [-0.15, -0.1) is 0 Å². The molecule has 2 aromatic heterocycles. The molecule has 0 bridgehead atoms. The monoisotopic (exact) mass is 636 g/mol. The normalized spacial score (nSPS) is 12.0. The smallest absolute Gasteiger partial charge is 0.143 e. The second-order valence-electron chi connectivity index (χ2n) is 13.2. The lowest BCUT2D eigenvalue weighted by molar-refractivity contribution is 0.669. The van der Waals surface area contributed by atoms with E-state index >= 15 is 0 Å². The number of hydrogen-bond acceptors (Lipinski definition) is 2. The fourth-order valence-electron chi connectivity index (χ4n) is 8.15. The quantitative estimate of drug-likeness (QED) is 0.180. The highest BCUT2D eigenvalue weighted by atomic mass is 16.3. The van der Waals surface area contributed by atoms with Crippen LogP contribution in [0.2, 0.25) is 0 Å². The van der Waals surface area contributed by atoms with Gasteiger partial charge < -0.3 is 8.83 Å². The van der Waals surface area contributed by atoms with Gasteiger partial charge in [0.2, 0.25) is 0 Å². The molecule has 9 aromatic carbocycles. The van der Waals surface area contributed by atoms with Crippen LogP contribution in [0, 0.1) is 0 Å². The standard InChI is InChI=1S/C48H28O2/c1-2-11-30(12-3-1)46-38-14-6-8-16-40(38)47(41-17-9-7-15-39(41)46)33-21-24-36-35-22-19-31(26-43(35)49-44(36)28-33)32-20-23-37-42-25-18-29-10-4-5-13-34(29)48(42)50-45(37)27-32/h1-28H. The Kier molecular flexibility index (Phi) is 5.70. The Morgan fingerprint density at radius 3 is 1.32 bits per heavy atom. The van der Waals surface area contributed by atoms with Gasteiger partial charge in [0, 0.05) is 26.9 Å². The van der Waals surface area contributed by atoms with E-state index in [1.165, 1.54) is 43.6 Å². The zero-order valence-electron chi connectivity index (χ0n) is 27.0. The second kappa shape index (κ2) is 10.4.